The molecule has 1 saturated heterocycles. The van der Waals surface area contributed by atoms with Crippen molar-refractivity contribution in [2.75, 3.05) is 18.8 Å². The average Bonchev–Trinajstić information content (AvgIpc) is 3.43. The lowest BCUT2D eigenvalue weighted by atomic mass is 9.98. The predicted molar refractivity (Wildman–Crippen MR) is 124 cm³/mol. The van der Waals surface area contributed by atoms with Gasteiger partial charge in [-0.25, -0.2) is 9.48 Å². The van der Waals surface area contributed by atoms with Crippen molar-refractivity contribution >= 4 is 17.5 Å². The van der Waals surface area contributed by atoms with Gasteiger partial charge >= 0.3 is 5.69 Å². The first-order valence-corrected chi connectivity index (χ1v) is 11.1. The van der Waals surface area contributed by atoms with E-state index in [2.05, 4.69) is 10.1 Å². The van der Waals surface area contributed by atoms with Crippen molar-refractivity contribution in [3.63, 3.8) is 0 Å². The third kappa shape index (κ3) is 4.72. The average molecular weight is 449 g/mol. The highest BCUT2D eigenvalue weighted by Gasteiger charge is 2.33. The first-order chi connectivity index (χ1) is 15.8. The molecule has 1 aliphatic rings. The van der Waals surface area contributed by atoms with Gasteiger partial charge in [0.15, 0.2) is 5.78 Å². The Kier molecular flexibility index (Phi) is 6.39. The van der Waals surface area contributed by atoms with E-state index in [-0.39, 0.29) is 23.3 Å². The normalized spacial score (nSPS) is 15.7. The zero-order valence-electron chi connectivity index (χ0n) is 18.9. The molecule has 1 aromatic carbocycles. The number of para-hydroxylation sites is 1. The van der Waals surface area contributed by atoms with Crippen LogP contribution < -0.4 is 11.4 Å². The van der Waals surface area contributed by atoms with Crippen molar-refractivity contribution < 1.29 is 9.59 Å². The van der Waals surface area contributed by atoms with E-state index in [9.17, 15) is 14.4 Å². The largest absolute Gasteiger partial charge is 0.383 e. The minimum absolute atomic E-state index is 0.0102. The highest BCUT2D eigenvalue weighted by Crippen LogP contribution is 2.25. The lowest BCUT2D eigenvalue weighted by molar-refractivity contribution is -0.130. The number of nitrogen functional groups attached to an aromatic ring is 1. The molecule has 0 saturated carbocycles. The van der Waals surface area contributed by atoms with E-state index in [4.69, 9.17) is 5.73 Å². The van der Waals surface area contributed by atoms with Gasteiger partial charge in [0.25, 0.3) is 0 Å². The summed E-state index contributed by atoms with van der Waals surface area (Å²) in [5.41, 5.74) is 8.63. The van der Waals surface area contributed by atoms with Gasteiger partial charge in [0.1, 0.15) is 5.82 Å². The second kappa shape index (κ2) is 9.40. The summed E-state index contributed by atoms with van der Waals surface area (Å²) < 4.78 is 3.14. The highest BCUT2D eigenvalue weighted by molar-refractivity contribution is 6.02. The summed E-state index contributed by atoms with van der Waals surface area (Å²) >= 11 is 0. The van der Waals surface area contributed by atoms with Gasteiger partial charge in [0, 0.05) is 43.4 Å². The molecule has 3 heterocycles. The number of carbonyl (C=O) groups excluding carboxylic acids is 2. The van der Waals surface area contributed by atoms with Gasteiger partial charge < -0.3 is 10.6 Å². The molecule has 172 valence electrons. The van der Waals surface area contributed by atoms with Gasteiger partial charge in [-0.3, -0.25) is 14.2 Å². The van der Waals surface area contributed by atoms with E-state index < -0.39 is 0 Å². The standard InChI is InChI=1S/C24H28N6O3/c1-16-13-17(2)29(24(33)27-16)11-6-9-21(31)28-12-10-18(15-28)22(32)20-14-26-30(23(20)25)19-7-4-3-5-8-19/h3-5,7-8,13-14,18H,6,9-12,15,25H2,1-2H3/t18-/m0/s1. The van der Waals surface area contributed by atoms with Crippen LogP contribution in [-0.2, 0) is 11.3 Å². The van der Waals surface area contributed by atoms with Crippen LogP contribution in [0.4, 0.5) is 5.82 Å². The number of anilines is 1. The molecule has 2 aromatic heterocycles. The number of nitrogens with zero attached hydrogens (tertiary/aromatic N) is 5. The fraction of sp³-hybridized carbons (Fsp3) is 0.375. The number of ketones is 1. The van der Waals surface area contributed by atoms with E-state index in [0.29, 0.717) is 56.0 Å². The SMILES string of the molecule is Cc1cc(C)n(CCCC(=O)N2CC[C@H](C(=O)c3cnn(-c4ccccc4)c3N)C2)c(=O)n1. The summed E-state index contributed by atoms with van der Waals surface area (Å²) in [4.78, 5) is 43.5. The number of hydrogen-bond donors (Lipinski definition) is 1. The van der Waals surface area contributed by atoms with Crippen molar-refractivity contribution in [1.82, 2.24) is 24.2 Å². The number of hydrogen-bond acceptors (Lipinski definition) is 6. The first kappa shape index (κ1) is 22.4. The number of aromatic nitrogens is 4. The number of amides is 1. The zero-order chi connectivity index (χ0) is 23.5. The fourth-order valence-corrected chi connectivity index (χ4v) is 4.34. The molecule has 0 radical (unpaired) electrons. The molecule has 9 heteroatoms. The van der Waals surface area contributed by atoms with Crippen molar-refractivity contribution in [3.8, 4) is 5.69 Å². The van der Waals surface area contributed by atoms with E-state index in [1.165, 1.54) is 6.20 Å². The first-order valence-electron chi connectivity index (χ1n) is 11.1. The molecule has 1 atom stereocenters. The van der Waals surface area contributed by atoms with Gasteiger partial charge in [0.2, 0.25) is 5.91 Å². The fourth-order valence-electron chi connectivity index (χ4n) is 4.34. The molecule has 0 unspecified atom stereocenters. The Morgan fingerprint density at radius 3 is 2.67 bits per heavy atom. The van der Waals surface area contributed by atoms with Gasteiger partial charge in [-0.15, -0.1) is 0 Å². The Hall–Kier alpha value is -3.75. The minimum Gasteiger partial charge on any atom is -0.383 e. The van der Waals surface area contributed by atoms with E-state index in [1.54, 1.807) is 21.1 Å². The van der Waals surface area contributed by atoms with E-state index in [1.807, 2.05) is 43.3 Å². The number of rotatable bonds is 7. The van der Waals surface area contributed by atoms with Crippen LogP contribution in [0.25, 0.3) is 5.69 Å². The van der Waals surface area contributed by atoms with Crippen molar-refractivity contribution in [1.29, 1.82) is 0 Å². The Morgan fingerprint density at radius 2 is 1.94 bits per heavy atom. The Morgan fingerprint density at radius 1 is 1.18 bits per heavy atom. The summed E-state index contributed by atoms with van der Waals surface area (Å²) in [7, 11) is 0. The number of likely N-dealkylation sites (tertiary alicyclic amines) is 1. The molecule has 1 amide bonds. The molecule has 33 heavy (non-hydrogen) atoms. The molecular formula is C24H28N6O3. The Bertz CT molecular complexity index is 1230. The number of nitrogens with two attached hydrogens (primary N) is 1. The third-order valence-electron chi connectivity index (χ3n) is 6.10. The molecule has 1 fully saturated rings. The van der Waals surface area contributed by atoms with Gasteiger partial charge in [-0.1, -0.05) is 18.2 Å². The second-order valence-corrected chi connectivity index (χ2v) is 8.46. The Balaban J connectivity index is 1.34. The molecule has 2 N–H and O–H groups in total. The number of carbonyl (C=O) groups is 2. The summed E-state index contributed by atoms with van der Waals surface area (Å²) in [6.07, 6.45) is 2.96. The van der Waals surface area contributed by atoms with Gasteiger partial charge in [-0.05, 0) is 44.9 Å². The number of aryl methyl sites for hydroxylation is 2. The van der Waals surface area contributed by atoms with Crippen LogP contribution in [0, 0.1) is 19.8 Å². The van der Waals surface area contributed by atoms with Crippen LogP contribution in [0.3, 0.4) is 0 Å². The molecule has 1 aliphatic heterocycles. The van der Waals surface area contributed by atoms with Gasteiger partial charge in [-0.2, -0.15) is 10.1 Å². The minimum atomic E-state index is -0.296. The lowest BCUT2D eigenvalue weighted by Crippen LogP contribution is -2.31. The van der Waals surface area contributed by atoms with E-state index in [0.717, 1.165) is 11.4 Å². The summed E-state index contributed by atoms with van der Waals surface area (Å²) in [5, 5.41) is 4.28. The molecule has 9 nitrogen and oxygen atoms in total. The quantitative estimate of drug-likeness (QED) is 0.554. The summed E-state index contributed by atoms with van der Waals surface area (Å²) in [6, 6.07) is 11.3. The molecule has 0 bridgehead atoms. The van der Waals surface area contributed by atoms with E-state index >= 15 is 0 Å². The predicted octanol–water partition coefficient (Wildman–Crippen LogP) is 2.14. The highest BCUT2D eigenvalue weighted by atomic mass is 16.2. The Labute approximate surface area is 191 Å². The molecule has 4 rings (SSSR count). The smallest absolute Gasteiger partial charge is 0.347 e. The lowest BCUT2D eigenvalue weighted by Gasteiger charge is -2.17. The third-order valence-corrected chi connectivity index (χ3v) is 6.10. The van der Waals surface area contributed by atoms with Crippen LogP contribution in [0.1, 0.15) is 41.0 Å². The molecule has 0 aliphatic carbocycles. The molecule has 0 spiro atoms. The summed E-state index contributed by atoms with van der Waals surface area (Å²) in [5.74, 6) is -0.0822. The topological polar surface area (TPSA) is 116 Å². The monoisotopic (exact) mass is 448 g/mol. The maximum atomic E-state index is 13.1. The summed E-state index contributed by atoms with van der Waals surface area (Å²) in [6.45, 7) is 4.99. The van der Waals surface area contributed by atoms with Crippen LogP contribution >= 0.6 is 0 Å². The molecular weight excluding hydrogens is 420 g/mol. The van der Waals surface area contributed by atoms with Crippen molar-refractivity contribution in [2.45, 2.75) is 39.7 Å². The van der Waals surface area contributed by atoms with Crippen LogP contribution in [-0.4, -0.2) is 49.0 Å². The van der Waals surface area contributed by atoms with Crippen molar-refractivity contribution in [3.05, 3.63) is 70.0 Å². The van der Waals surface area contributed by atoms with Crippen molar-refractivity contribution in [2.24, 2.45) is 5.92 Å². The van der Waals surface area contributed by atoms with Crippen LogP contribution in [0.5, 0.6) is 0 Å². The van der Waals surface area contributed by atoms with Crippen LogP contribution in [0.2, 0.25) is 0 Å². The maximum absolute atomic E-state index is 13.1. The number of Topliss-reactive ketones (excluding diaryl/α,β-unsaturated/α-hetero) is 1. The van der Waals surface area contributed by atoms with Gasteiger partial charge in [0.05, 0.1) is 17.4 Å². The molecule has 3 aromatic rings. The van der Waals surface area contributed by atoms with Crippen LogP contribution in [0.15, 0.2) is 47.4 Å². The number of benzene rings is 1. The maximum Gasteiger partial charge on any atom is 0.347 e. The zero-order valence-corrected chi connectivity index (χ0v) is 18.9. The second-order valence-electron chi connectivity index (χ2n) is 8.46.